The molecule has 0 saturated carbocycles. The lowest BCUT2D eigenvalue weighted by atomic mass is 10.0. The van der Waals surface area contributed by atoms with Gasteiger partial charge in [-0.25, -0.2) is 15.0 Å². The molecule has 23 heavy (non-hydrogen) atoms. The fourth-order valence-electron chi connectivity index (χ4n) is 3.17. The van der Waals surface area contributed by atoms with Gasteiger partial charge in [0, 0.05) is 25.5 Å². The summed E-state index contributed by atoms with van der Waals surface area (Å²) < 4.78 is 1.93. The number of halogens is 1. The first-order valence-electron chi connectivity index (χ1n) is 7.92. The normalized spacial score (nSPS) is 18.5. The van der Waals surface area contributed by atoms with Gasteiger partial charge in [-0.1, -0.05) is 18.5 Å². The van der Waals surface area contributed by atoms with Gasteiger partial charge in [-0.2, -0.15) is 0 Å². The number of hydrogen-bond donors (Lipinski definition) is 0. The molecule has 6 heteroatoms. The van der Waals surface area contributed by atoms with Crippen LogP contribution in [0.1, 0.15) is 19.8 Å². The van der Waals surface area contributed by atoms with Gasteiger partial charge in [0.2, 0.25) is 0 Å². The van der Waals surface area contributed by atoms with Crippen LogP contribution in [0.4, 0.5) is 5.82 Å². The molecule has 0 spiro atoms. The summed E-state index contributed by atoms with van der Waals surface area (Å²) in [5.74, 6) is 2.37. The second kappa shape index (κ2) is 5.81. The highest BCUT2D eigenvalue weighted by atomic mass is 35.5. The van der Waals surface area contributed by atoms with Gasteiger partial charge >= 0.3 is 0 Å². The molecule has 0 aliphatic carbocycles. The summed E-state index contributed by atoms with van der Waals surface area (Å²) in [4.78, 5) is 15.9. The van der Waals surface area contributed by atoms with Crippen LogP contribution in [-0.2, 0) is 0 Å². The van der Waals surface area contributed by atoms with Crippen molar-refractivity contribution in [3.05, 3.63) is 41.8 Å². The number of aromatic nitrogens is 4. The molecule has 1 aliphatic rings. The van der Waals surface area contributed by atoms with Crippen molar-refractivity contribution >= 4 is 23.1 Å². The number of rotatable bonds is 2. The average molecular weight is 328 g/mol. The van der Waals surface area contributed by atoms with Crippen LogP contribution < -0.4 is 4.90 Å². The van der Waals surface area contributed by atoms with Crippen molar-refractivity contribution in [1.82, 2.24) is 19.4 Å². The third kappa shape index (κ3) is 2.77. The Labute approximate surface area is 140 Å². The fourth-order valence-corrected chi connectivity index (χ4v) is 3.33. The first-order chi connectivity index (χ1) is 11.2. The van der Waals surface area contributed by atoms with E-state index in [1.807, 2.05) is 35.0 Å². The monoisotopic (exact) mass is 327 g/mol. The predicted octanol–water partition coefficient (Wildman–Crippen LogP) is 3.68. The highest BCUT2D eigenvalue weighted by molar-refractivity contribution is 6.30. The van der Waals surface area contributed by atoms with Crippen molar-refractivity contribution < 1.29 is 0 Å². The number of piperidine rings is 1. The maximum atomic E-state index is 6.11. The third-order valence-corrected chi connectivity index (χ3v) is 4.54. The van der Waals surface area contributed by atoms with Crippen LogP contribution in [0.2, 0.25) is 5.02 Å². The number of imidazole rings is 1. The van der Waals surface area contributed by atoms with Gasteiger partial charge in [0.25, 0.3) is 0 Å². The van der Waals surface area contributed by atoms with Gasteiger partial charge in [-0.3, -0.25) is 4.40 Å². The topological polar surface area (TPSA) is 46.3 Å². The van der Waals surface area contributed by atoms with E-state index in [2.05, 4.69) is 21.8 Å². The Hall–Kier alpha value is -2.14. The standard InChI is InChI=1S/C17H18ClN5/c1-12-3-2-8-22(10-12)16-6-7-19-17(21-16)14-9-20-15-5-4-13(18)11-23(14)15/h4-7,9,11-12H,2-3,8,10H2,1H3. The van der Waals surface area contributed by atoms with E-state index in [0.717, 1.165) is 30.2 Å². The molecule has 3 aromatic rings. The molecular weight excluding hydrogens is 310 g/mol. The van der Waals surface area contributed by atoms with Crippen LogP contribution in [-0.4, -0.2) is 32.4 Å². The largest absolute Gasteiger partial charge is 0.356 e. The molecule has 0 amide bonds. The SMILES string of the molecule is CC1CCCN(c2ccnc(-c3cnc4ccc(Cl)cn34)n2)C1. The number of hydrogen-bond acceptors (Lipinski definition) is 4. The van der Waals surface area contributed by atoms with E-state index < -0.39 is 0 Å². The number of fused-ring (bicyclic) bond motifs is 1. The van der Waals surface area contributed by atoms with Crippen molar-refractivity contribution in [3.8, 4) is 11.5 Å². The summed E-state index contributed by atoms with van der Waals surface area (Å²) in [5.41, 5.74) is 1.69. The molecule has 4 heterocycles. The average Bonchev–Trinajstić information content (AvgIpc) is 2.98. The van der Waals surface area contributed by atoms with Crippen molar-refractivity contribution in [2.24, 2.45) is 5.92 Å². The molecule has 1 aliphatic heterocycles. The minimum Gasteiger partial charge on any atom is -0.356 e. The number of nitrogens with zero attached hydrogens (tertiary/aromatic N) is 5. The van der Waals surface area contributed by atoms with Crippen molar-refractivity contribution in [2.75, 3.05) is 18.0 Å². The first kappa shape index (κ1) is 14.5. The van der Waals surface area contributed by atoms with Crippen molar-refractivity contribution in [1.29, 1.82) is 0 Å². The lowest BCUT2D eigenvalue weighted by Gasteiger charge is -2.31. The Morgan fingerprint density at radius 2 is 2.13 bits per heavy atom. The molecule has 0 aromatic carbocycles. The van der Waals surface area contributed by atoms with E-state index in [1.54, 1.807) is 6.20 Å². The molecule has 0 N–H and O–H groups in total. The van der Waals surface area contributed by atoms with E-state index in [9.17, 15) is 0 Å². The molecule has 1 fully saturated rings. The van der Waals surface area contributed by atoms with Gasteiger partial charge in [0.1, 0.15) is 17.2 Å². The summed E-state index contributed by atoms with van der Waals surface area (Å²) in [6.07, 6.45) is 7.97. The Balaban J connectivity index is 1.74. The van der Waals surface area contributed by atoms with E-state index in [1.165, 1.54) is 12.8 Å². The van der Waals surface area contributed by atoms with E-state index >= 15 is 0 Å². The van der Waals surface area contributed by atoms with Crippen LogP contribution >= 0.6 is 11.6 Å². The van der Waals surface area contributed by atoms with E-state index in [0.29, 0.717) is 16.8 Å². The second-order valence-corrected chi connectivity index (χ2v) is 6.59. The molecule has 3 aromatic heterocycles. The van der Waals surface area contributed by atoms with Gasteiger partial charge in [-0.05, 0) is 37.0 Å². The summed E-state index contributed by atoms with van der Waals surface area (Å²) in [5, 5.41) is 0.665. The molecule has 0 bridgehead atoms. The molecule has 4 rings (SSSR count). The van der Waals surface area contributed by atoms with E-state index in [-0.39, 0.29) is 0 Å². The zero-order valence-electron chi connectivity index (χ0n) is 13.0. The third-order valence-electron chi connectivity index (χ3n) is 4.32. The van der Waals surface area contributed by atoms with Crippen molar-refractivity contribution in [2.45, 2.75) is 19.8 Å². The predicted molar refractivity (Wildman–Crippen MR) is 91.8 cm³/mol. The maximum Gasteiger partial charge on any atom is 0.180 e. The minimum absolute atomic E-state index is 0.665. The zero-order chi connectivity index (χ0) is 15.8. The quantitative estimate of drug-likeness (QED) is 0.720. The van der Waals surface area contributed by atoms with Crippen LogP contribution in [0.25, 0.3) is 17.2 Å². The van der Waals surface area contributed by atoms with Crippen LogP contribution in [0.15, 0.2) is 36.8 Å². The summed E-state index contributed by atoms with van der Waals surface area (Å²) in [7, 11) is 0. The van der Waals surface area contributed by atoms with Crippen LogP contribution in [0.5, 0.6) is 0 Å². The van der Waals surface area contributed by atoms with E-state index in [4.69, 9.17) is 16.6 Å². The summed E-state index contributed by atoms with van der Waals surface area (Å²) in [6.45, 7) is 4.40. The van der Waals surface area contributed by atoms with Crippen molar-refractivity contribution in [3.63, 3.8) is 0 Å². The Morgan fingerprint density at radius 3 is 3.00 bits per heavy atom. The van der Waals surface area contributed by atoms with Gasteiger partial charge in [0.15, 0.2) is 5.82 Å². The van der Waals surface area contributed by atoms with Gasteiger partial charge in [0.05, 0.1) is 11.2 Å². The Kier molecular flexibility index (Phi) is 3.65. The summed E-state index contributed by atoms with van der Waals surface area (Å²) in [6, 6.07) is 5.71. The van der Waals surface area contributed by atoms with Gasteiger partial charge in [-0.15, -0.1) is 0 Å². The summed E-state index contributed by atoms with van der Waals surface area (Å²) >= 11 is 6.11. The molecule has 1 atom stereocenters. The molecule has 5 nitrogen and oxygen atoms in total. The van der Waals surface area contributed by atoms with Gasteiger partial charge < -0.3 is 4.90 Å². The lowest BCUT2D eigenvalue weighted by Crippen LogP contribution is -2.34. The fraction of sp³-hybridized carbons (Fsp3) is 0.353. The molecule has 118 valence electrons. The number of anilines is 1. The smallest absolute Gasteiger partial charge is 0.180 e. The highest BCUT2D eigenvalue weighted by Crippen LogP contribution is 2.24. The minimum atomic E-state index is 0.665. The zero-order valence-corrected chi connectivity index (χ0v) is 13.7. The molecule has 0 radical (unpaired) electrons. The van der Waals surface area contributed by atoms with Crippen LogP contribution in [0, 0.1) is 5.92 Å². The molecular formula is C17H18ClN5. The highest BCUT2D eigenvalue weighted by Gasteiger charge is 2.18. The molecule has 1 unspecified atom stereocenters. The Morgan fingerprint density at radius 1 is 1.22 bits per heavy atom. The number of pyridine rings is 1. The second-order valence-electron chi connectivity index (χ2n) is 6.15. The first-order valence-corrected chi connectivity index (χ1v) is 8.29. The maximum absolute atomic E-state index is 6.11. The molecule has 1 saturated heterocycles. The lowest BCUT2D eigenvalue weighted by molar-refractivity contribution is 0.444. The Bertz CT molecular complexity index is 844. The van der Waals surface area contributed by atoms with Crippen LogP contribution in [0.3, 0.4) is 0 Å².